The van der Waals surface area contributed by atoms with Crippen LogP contribution in [0.4, 0.5) is 0 Å². The third-order valence-electron chi connectivity index (χ3n) is 1.00. The zero-order valence-corrected chi connectivity index (χ0v) is 9.29. The van der Waals surface area contributed by atoms with Crippen molar-refractivity contribution in [2.45, 2.75) is 6.92 Å². The van der Waals surface area contributed by atoms with Crippen molar-refractivity contribution in [2.75, 3.05) is 35.0 Å². The molecule has 12 heavy (non-hydrogen) atoms. The Morgan fingerprint density at radius 2 is 1.08 bits per heavy atom. The van der Waals surface area contributed by atoms with Crippen molar-refractivity contribution in [3.05, 3.63) is 0 Å². The molecule has 6 heteroatoms. The van der Waals surface area contributed by atoms with E-state index in [1.54, 1.807) is 6.92 Å². The van der Waals surface area contributed by atoms with Gasteiger partial charge in [-0.05, 0) is 6.92 Å². The summed E-state index contributed by atoms with van der Waals surface area (Å²) in [4.78, 5) is 0. The Bertz CT molecular complexity index is 68.5. The second kappa shape index (κ2) is 9.11. The zero-order valence-electron chi connectivity index (χ0n) is 8.29. The molecule has 0 spiro atoms. The summed E-state index contributed by atoms with van der Waals surface area (Å²) in [6.07, 6.45) is 0. The average Bonchev–Trinajstić information content (AvgIpc) is 2.11. The fraction of sp³-hybridized carbons (Fsp3) is 1.00. The van der Waals surface area contributed by atoms with Gasteiger partial charge in [-0.25, -0.2) is 0 Å². The maximum atomic E-state index is 7.57. The number of hydrogen-bond donors (Lipinski definition) is 1. The van der Waals surface area contributed by atoms with Gasteiger partial charge in [0.25, 0.3) is 0 Å². The van der Waals surface area contributed by atoms with E-state index in [1.165, 1.54) is 28.4 Å². The maximum absolute atomic E-state index is 7.57. The Morgan fingerprint density at radius 3 is 1.08 bits per heavy atom. The summed E-state index contributed by atoms with van der Waals surface area (Å²) >= 11 is 0. The molecule has 0 aromatic rings. The van der Waals surface area contributed by atoms with Gasteiger partial charge in [0.05, 0.1) is 0 Å². The number of hydrogen-bond acceptors (Lipinski definition) is 5. The van der Waals surface area contributed by atoms with Crippen LogP contribution >= 0.6 is 0 Å². The highest BCUT2D eigenvalue weighted by molar-refractivity contribution is 6.53. The smallest absolute Gasteiger partial charge is 0.397 e. The first-order valence-electron chi connectivity index (χ1n) is 3.47. The van der Waals surface area contributed by atoms with Gasteiger partial charge in [-0.3, -0.25) is 0 Å². The van der Waals surface area contributed by atoms with Gasteiger partial charge in [-0.15, -0.1) is 0 Å². The van der Waals surface area contributed by atoms with Crippen LogP contribution < -0.4 is 0 Å². The minimum Gasteiger partial charge on any atom is -0.397 e. The van der Waals surface area contributed by atoms with Crippen LogP contribution in [0.15, 0.2) is 0 Å². The van der Waals surface area contributed by atoms with Gasteiger partial charge >= 0.3 is 9.05 Å². The van der Waals surface area contributed by atoms with E-state index in [2.05, 4.69) is 0 Å². The average molecular weight is 198 g/mol. The predicted octanol–water partition coefficient (Wildman–Crippen LogP) is 0.00620. The van der Waals surface area contributed by atoms with Gasteiger partial charge in [0.15, 0.2) is 0 Å². The minimum absolute atomic E-state index is 0.250. The first-order valence-corrected chi connectivity index (χ1v) is 5.11. The fourth-order valence-electron chi connectivity index (χ4n) is 0.500. The molecule has 0 aliphatic heterocycles. The van der Waals surface area contributed by atoms with Crippen molar-refractivity contribution in [3.63, 3.8) is 0 Å². The zero-order chi connectivity index (χ0) is 10.0. The molecule has 0 aliphatic carbocycles. The van der Waals surface area contributed by atoms with Crippen LogP contribution in [0.5, 0.6) is 0 Å². The van der Waals surface area contributed by atoms with E-state index in [4.69, 9.17) is 22.8 Å². The quantitative estimate of drug-likeness (QED) is 0.645. The molecule has 0 bridgehead atoms. The van der Waals surface area contributed by atoms with E-state index in [9.17, 15) is 0 Å². The molecule has 0 amide bonds. The van der Waals surface area contributed by atoms with Crippen molar-refractivity contribution in [1.29, 1.82) is 0 Å². The standard InChI is InChI=1S/C4H12O4Si.C2H6O/c1-5-9(6-2,7-3)8-4;1-2-3/h1-4H3;3H,2H2,1H3. The predicted molar refractivity (Wildman–Crippen MR) is 46.5 cm³/mol. The van der Waals surface area contributed by atoms with Crippen molar-refractivity contribution in [1.82, 2.24) is 0 Å². The second-order valence-electron chi connectivity index (χ2n) is 1.63. The molecule has 0 atom stereocenters. The molecule has 0 aromatic heterocycles. The minimum atomic E-state index is -2.69. The number of aliphatic hydroxyl groups excluding tert-OH is 1. The van der Waals surface area contributed by atoms with Gasteiger partial charge in [0.2, 0.25) is 0 Å². The van der Waals surface area contributed by atoms with Gasteiger partial charge in [0, 0.05) is 35.0 Å². The van der Waals surface area contributed by atoms with Gasteiger partial charge in [0.1, 0.15) is 0 Å². The highest BCUT2D eigenvalue weighted by Gasteiger charge is 2.40. The molecule has 0 unspecified atom stereocenters. The molecule has 0 saturated carbocycles. The molecule has 0 heterocycles. The molecule has 1 N–H and O–H groups in total. The van der Waals surface area contributed by atoms with Gasteiger partial charge < -0.3 is 22.8 Å². The van der Waals surface area contributed by atoms with Crippen molar-refractivity contribution in [3.8, 4) is 0 Å². The van der Waals surface area contributed by atoms with E-state index < -0.39 is 9.05 Å². The number of aliphatic hydroxyl groups is 1. The van der Waals surface area contributed by atoms with Crippen LogP contribution in [0.25, 0.3) is 0 Å². The van der Waals surface area contributed by atoms with Crippen molar-refractivity contribution < 1.29 is 22.8 Å². The van der Waals surface area contributed by atoms with Gasteiger partial charge in [-0.2, -0.15) is 0 Å². The Labute approximate surface area is 74.7 Å². The summed E-state index contributed by atoms with van der Waals surface area (Å²) in [5.74, 6) is 0. The summed E-state index contributed by atoms with van der Waals surface area (Å²) in [5.41, 5.74) is 0. The lowest BCUT2D eigenvalue weighted by atomic mass is 10.9. The maximum Gasteiger partial charge on any atom is 0.678 e. The van der Waals surface area contributed by atoms with E-state index in [1.807, 2.05) is 0 Å². The van der Waals surface area contributed by atoms with Crippen molar-refractivity contribution >= 4 is 9.05 Å². The molecule has 0 aromatic carbocycles. The van der Waals surface area contributed by atoms with E-state index in [0.29, 0.717) is 0 Å². The third-order valence-corrected chi connectivity index (χ3v) is 3.00. The highest BCUT2D eigenvalue weighted by atomic mass is 28.4. The third kappa shape index (κ3) is 5.64. The Hall–Kier alpha value is 0.0169. The van der Waals surface area contributed by atoms with Crippen LogP contribution in [0.2, 0.25) is 0 Å². The summed E-state index contributed by atoms with van der Waals surface area (Å²) in [6, 6.07) is 0. The normalized spacial score (nSPS) is 10.5. The first-order chi connectivity index (χ1) is 5.66. The largest absolute Gasteiger partial charge is 0.678 e. The summed E-state index contributed by atoms with van der Waals surface area (Å²) < 4.78 is 19.4. The highest BCUT2D eigenvalue weighted by Crippen LogP contribution is 2.04. The SMILES string of the molecule is CCO.CO[Si](OC)(OC)OC. The lowest BCUT2D eigenvalue weighted by molar-refractivity contribution is 0.0226. The van der Waals surface area contributed by atoms with Crippen LogP contribution in [-0.2, 0) is 17.7 Å². The van der Waals surface area contributed by atoms with Crippen LogP contribution in [0, 0.1) is 0 Å². The first kappa shape index (κ1) is 14.5. The fourth-order valence-corrected chi connectivity index (χ4v) is 1.50. The van der Waals surface area contributed by atoms with Gasteiger partial charge in [-0.1, -0.05) is 0 Å². The van der Waals surface area contributed by atoms with E-state index in [0.717, 1.165) is 0 Å². The second-order valence-corrected chi connectivity index (χ2v) is 4.27. The Morgan fingerprint density at radius 1 is 0.917 bits per heavy atom. The molecule has 0 saturated heterocycles. The molecule has 0 rings (SSSR count). The lowest BCUT2D eigenvalue weighted by Gasteiger charge is -2.19. The summed E-state index contributed by atoms with van der Waals surface area (Å²) in [5, 5.41) is 7.57. The number of rotatable bonds is 4. The Kier molecular flexibility index (Phi) is 11.0. The molecule has 76 valence electrons. The molecule has 5 nitrogen and oxygen atoms in total. The monoisotopic (exact) mass is 198 g/mol. The topological polar surface area (TPSA) is 57.2 Å². The molecule has 0 radical (unpaired) electrons. The molecular formula is C6H18O5Si. The van der Waals surface area contributed by atoms with Crippen LogP contribution in [0.1, 0.15) is 6.92 Å². The van der Waals surface area contributed by atoms with E-state index in [-0.39, 0.29) is 6.61 Å². The lowest BCUT2D eigenvalue weighted by Crippen LogP contribution is -2.45. The van der Waals surface area contributed by atoms with Crippen LogP contribution in [0.3, 0.4) is 0 Å². The summed E-state index contributed by atoms with van der Waals surface area (Å²) in [6.45, 7) is 1.93. The molecule has 0 aliphatic rings. The Balaban J connectivity index is 0. The summed E-state index contributed by atoms with van der Waals surface area (Å²) in [7, 11) is 3.26. The van der Waals surface area contributed by atoms with E-state index >= 15 is 0 Å². The molecular weight excluding hydrogens is 180 g/mol. The molecule has 0 fully saturated rings. The van der Waals surface area contributed by atoms with Crippen LogP contribution in [-0.4, -0.2) is 49.2 Å². The van der Waals surface area contributed by atoms with Crippen molar-refractivity contribution in [2.24, 2.45) is 0 Å².